The molecule has 0 bridgehead atoms. The Hall–Kier alpha value is -1.13. The van der Waals surface area contributed by atoms with E-state index in [2.05, 4.69) is 22.9 Å². The van der Waals surface area contributed by atoms with E-state index in [-0.39, 0.29) is 6.04 Å². The Bertz CT molecular complexity index is 364. The number of pyridine rings is 1. The first-order valence-electron chi connectivity index (χ1n) is 6.75. The lowest BCUT2D eigenvalue weighted by Crippen LogP contribution is -2.46. The van der Waals surface area contributed by atoms with Gasteiger partial charge in [-0.3, -0.25) is 4.90 Å². The minimum Gasteiger partial charge on any atom is -0.481 e. The summed E-state index contributed by atoms with van der Waals surface area (Å²) in [6.07, 6.45) is 5.35. The predicted molar refractivity (Wildman–Crippen MR) is 72.6 cm³/mol. The summed E-state index contributed by atoms with van der Waals surface area (Å²) < 4.78 is 5.10. The highest BCUT2D eigenvalue weighted by molar-refractivity contribution is 5.22. The van der Waals surface area contributed by atoms with Crippen molar-refractivity contribution in [3.05, 3.63) is 23.9 Å². The second kappa shape index (κ2) is 6.16. The second-order valence-corrected chi connectivity index (χ2v) is 4.92. The van der Waals surface area contributed by atoms with Crippen LogP contribution in [0.25, 0.3) is 0 Å². The number of ether oxygens (including phenoxy) is 1. The molecule has 2 atom stereocenters. The Labute approximate surface area is 109 Å². The molecule has 100 valence electrons. The van der Waals surface area contributed by atoms with Crippen LogP contribution in [0.15, 0.2) is 18.3 Å². The van der Waals surface area contributed by atoms with Crippen molar-refractivity contribution in [2.75, 3.05) is 20.2 Å². The number of aromatic nitrogens is 1. The van der Waals surface area contributed by atoms with Crippen molar-refractivity contribution in [2.24, 2.45) is 5.73 Å². The highest BCUT2D eigenvalue weighted by Crippen LogP contribution is 2.30. The molecule has 1 aromatic rings. The summed E-state index contributed by atoms with van der Waals surface area (Å²) in [6.45, 7) is 4.45. The minimum absolute atomic E-state index is 0.209. The van der Waals surface area contributed by atoms with Crippen LogP contribution in [0, 0.1) is 0 Å². The number of piperidine rings is 1. The first-order valence-corrected chi connectivity index (χ1v) is 6.75. The summed E-state index contributed by atoms with van der Waals surface area (Å²) in [4.78, 5) is 6.78. The van der Waals surface area contributed by atoms with Crippen LogP contribution in [0.2, 0.25) is 0 Å². The van der Waals surface area contributed by atoms with Crippen LogP contribution in [-0.4, -0.2) is 36.1 Å². The van der Waals surface area contributed by atoms with Gasteiger partial charge in [0.1, 0.15) is 0 Å². The van der Waals surface area contributed by atoms with Gasteiger partial charge in [-0.15, -0.1) is 0 Å². The smallest absolute Gasteiger partial charge is 0.212 e. The van der Waals surface area contributed by atoms with E-state index in [9.17, 15) is 0 Å². The van der Waals surface area contributed by atoms with Gasteiger partial charge in [-0.05, 0) is 37.9 Å². The molecule has 2 rings (SSSR count). The van der Waals surface area contributed by atoms with Gasteiger partial charge in [-0.25, -0.2) is 4.98 Å². The second-order valence-electron chi connectivity index (χ2n) is 4.92. The van der Waals surface area contributed by atoms with Crippen molar-refractivity contribution in [3.8, 4) is 5.88 Å². The molecular weight excluding hydrogens is 226 g/mol. The quantitative estimate of drug-likeness (QED) is 0.886. The van der Waals surface area contributed by atoms with Gasteiger partial charge in [0.15, 0.2) is 0 Å². The first-order chi connectivity index (χ1) is 8.76. The maximum atomic E-state index is 6.30. The molecule has 0 spiro atoms. The summed E-state index contributed by atoms with van der Waals surface area (Å²) in [6, 6.07) is 4.52. The Morgan fingerprint density at radius 3 is 2.94 bits per heavy atom. The molecular formula is C14H23N3O. The van der Waals surface area contributed by atoms with E-state index in [1.807, 2.05) is 12.3 Å². The fraction of sp³-hybridized carbons (Fsp3) is 0.643. The molecule has 4 heteroatoms. The standard InChI is InChI=1S/C14H23N3O/c1-3-8-17-9-4-5-12(15)14(17)11-6-7-13(18-2)16-10-11/h6-7,10,12,14H,3-5,8-9,15H2,1-2H3. The van der Waals surface area contributed by atoms with Gasteiger partial charge in [0.05, 0.1) is 13.2 Å². The van der Waals surface area contributed by atoms with E-state index >= 15 is 0 Å². The Morgan fingerprint density at radius 2 is 2.33 bits per heavy atom. The van der Waals surface area contributed by atoms with E-state index in [0.29, 0.717) is 11.9 Å². The topological polar surface area (TPSA) is 51.4 Å². The largest absolute Gasteiger partial charge is 0.481 e. The molecule has 1 aliphatic heterocycles. The molecule has 2 heterocycles. The molecule has 0 aromatic carbocycles. The lowest BCUT2D eigenvalue weighted by Gasteiger charge is -2.39. The van der Waals surface area contributed by atoms with Crippen molar-refractivity contribution in [1.82, 2.24) is 9.88 Å². The zero-order valence-electron chi connectivity index (χ0n) is 11.3. The normalized spacial score (nSPS) is 25.1. The van der Waals surface area contributed by atoms with E-state index in [4.69, 9.17) is 10.5 Å². The Morgan fingerprint density at radius 1 is 1.50 bits per heavy atom. The molecule has 0 radical (unpaired) electrons. The maximum absolute atomic E-state index is 6.30. The predicted octanol–water partition coefficient (Wildman–Crippen LogP) is 1.96. The molecule has 0 amide bonds. The molecule has 1 aromatic heterocycles. The van der Waals surface area contributed by atoms with Gasteiger partial charge in [0.2, 0.25) is 5.88 Å². The van der Waals surface area contributed by atoms with Crippen molar-refractivity contribution >= 4 is 0 Å². The fourth-order valence-electron chi connectivity index (χ4n) is 2.78. The summed E-state index contributed by atoms with van der Waals surface area (Å²) >= 11 is 0. The van der Waals surface area contributed by atoms with E-state index in [1.165, 1.54) is 12.0 Å². The summed E-state index contributed by atoms with van der Waals surface area (Å²) in [5, 5.41) is 0. The summed E-state index contributed by atoms with van der Waals surface area (Å²) in [5.41, 5.74) is 7.51. The van der Waals surface area contributed by atoms with Crippen molar-refractivity contribution < 1.29 is 4.74 Å². The number of rotatable bonds is 4. The Balaban J connectivity index is 2.19. The Kier molecular flexibility index (Phi) is 4.55. The lowest BCUT2D eigenvalue weighted by molar-refractivity contribution is 0.128. The zero-order chi connectivity index (χ0) is 13.0. The molecule has 2 unspecified atom stereocenters. The van der Waals surface area contributed by atoms with Crippen molar-refractivity contribution in [3.63, 3.8) is 0 Å². The summed E-state index contributed by atoms with van der Waals surface area (Å²) in [7, 11) is 1.64. The highest BCUT2D eigenvalue weighted by Gasteiger charge is 2.29. The third kappa shape index (κ3) is 2.82. The molecule has 0 saturated carbocycles. The third-order valence-electron chi connectivity index (χ3n) is 3.60. The van der Waals surface area contributed by atoms with Crippen molar-refractivity contribution in [2.45, 2.75) is 38.3 Å². The monoisotopic (exact) mass is 249 g/mol. The van der Waals surface area contributed by atoms with Gasteiger partial charge >= 0.3 is 0 Å². The van der Waals surface area contributed by atoms with Crippen LogP contribution >= 0.6 is 0 Å². The van der Waals surface area contributed by atoms with Crippen LogP contribution in [0.5, 0.6) is 5.88 Å². The first kappa shape index (κ1) is 13.3. The van der Waals surface area contributed by atoms with Crippen LogP contribution in [0.3, 0.4) is 0 Å². The molecule has 1 aliphatic rings. The van der Waals surface area contributed by atoms with E-state index < -0.39 is 0 Å². The van der Waals surface area contributed by atoms with Crippen molar-refractivity contribution in [1.29, 1.82) is 0 Å². The van der Waals surface area contributed by atoms with Gasteiger partial charge < -0.3 is 10.5 Å². The number of nitrogens with two attached hydrogens (primary N) is 1. The lowest BCUT2D eigenvalue weighted by atomic mass is 9.91. The number of hydrogen-bond donors (Lipinski definition) is 1. The van der Waals surface area contributed by atoms with Gasteiger partial charge in [-0.1, -0.05) is 13.0 Å². The van der Waals surface area contributed by atoms with Crippen LogP contribution in [0.1, 0.15) is 37.8 Å². The SMILES string of the molecule is CCCN1CCCC(N)C1c1ccc(OC)nc1. The molecule has 4 nitrogen and oxygen atoms in total. The molecule has 18 heavy (non-hydrogen) atoms. The highest BCUT2D eigenvalue weighted by atomic mass is 16.5. The van der Waals surface area contributed by atoms with Crippen LogP contribution in [0.4, 0.5) is 0 Å². The van der Waals surface area contributed by atoms with Crippen LogP contribution in [-0.2, 0) is 0 Å². The number of likely N-dealkylation sites (tertiary alicyclic amines) is 1. The average molecular weight is 249 g/mol. The fourth-order valence-corrected chi connectivity index (χ4v) is 2.78. The molecule has 1 saturated heterocycles. The van der Waals surface area contributed by atoms with Gasteiger partial charge in [0.25, 0.3) is 0 Å². The van der Waals surface area contributed by atoms with Gasteiger partial charge in [-0.2, -0.15) is 0 Å². The molecule has 0 aliphatic carbocycles. The van der Waals surface area contributed by atoms with E-state index in [1.54, 1.807) is 7.11 Å². The molecule has 2 N–H and O–H groups in total. The number of nitrogens with zero attached hydrogens (tertiary/aromatic N) is 2. The van der Waals surface area contributed by atoms with E-state index in [0.717, 1.165) is 25.9 Å². The van der Waals surface area contributed by atoms with Gasteiger partial charge in [0, 0.05) is 18.3 Å². The minimum atomic E-state index is 0.209. The molecule has 1 fully saturated rings. The van der Waals surface area contributed by atoms with Crippen LogP contribution < -0.4 is 10.5 Å². The third-order valence-corrected chi connectivity index (χ3v) is 3.60. The zero-order valence-corrected chi connectivity index (χ0v) is 11.3. The summed E-state index contributed by atoms with van der Waals surface area (Å²) in [5.74, 6) is 0.658. The maximum Gasteiger partial charge on any atom is 0.212 e. The average Bonchev–Trinajstić information content (AvgIpc) is 2.40. The number of hydrogen-bond acceptors (Lipinski definition) is 4. The number of methoxy groups -OCH3 is 1.